The molecule has 6 heteroatoms. The van der Waals surface area contributed by atoms with E-state index in [1.54, 1.807) is 11.8 Å². The summed E-state index contributed by atoms with van der Waals surface area (Å²) in [5, 5.41) is 2.99. The van der Waals surface area contributed by atoms with Gasteiger partial charge in [-0.2, -0.15) is 0 Å². The predicted octanol–water partition coefficient (Wildman–Crippen LogP) is 4.66. The molecular formula is C23H27N3O2S. The van der Waals surface area contributed by atoms with Crippen molar-refractivity contribution in [2.45, 2.75) is 31.1 Å². The first-order valence-corrected chi connectivity index (χ1v) is 11.2. The molecule has 0 spiro atoms. The van der Waals surface area contributed by atoms with Crippen LogP contribution in [0, 0.1) is 5.92 Å². The first-order valence-electron chi connectivity index (χ1n) is 10.1. The molecule has 0 radical (unpaired) electrons. The number of carbonyl (C=O) groups excluding carboxylic acids is 2. The van der Waals surface area contributed by atoms with E-state index in [-0.39, 0.29) is 23.1 Å². The quantitative estimate of drug-likeness (QED) is 0.780. The van der Waals surface area contributed by atoms with Crippen molar-refractivity contribution in [3.05, 3.63) is 54.1 Å². The molecule has 1 heterocycles. The van der Waals surface area contributed by atoms with Gasteiger partial charge in [0.15, 0.2) is 0 Å². The molecule has 29 heavy (non-hydrogen) atoms. The zero-order valence-corrected chi connectivity index (χ0v) is 17.7. The highest BCUT2D eigenvalue weighted by Gasteiger charge is 2.34. The molecule has 0 bridgehead atoms. The van der Waals surface area contributed by atoms with E-state index in [0.29, 0.717) is 5.75 Å². The molecule has 2 aromatic rings. The first kappa shape index (κ1) is 19.8. The third-order valence-corrected chi connectivity index (χ3v) is 6.89. The molecule has 1 saturated heterocycles. The minimum absolute atomic E-state index is 0.0870. The Hall–Kier alpha value is -2.47. The number of hydrogen-bond donors (Lipinski definition) is 1. The zero-order chi connectivity index (χ0) is 20.4. The van der Waals surface area contributed by atoms with E-state index in [1.165, 1.54) is 0 Å². The van der Waals surface area contributed by atoms with E-state index in [0.717, 1.165) is 48.3 Å². The maximum atomic E-state index is 12.6. The summed E-state index contributed by atoms with van der Waals surface area (Å²) >= 11 is 1.62. The monoisotopic (exact) mass is 409 g/mol. The normalized spacial score (nSPS) is 19.6. The van der Waals surface area contributed by atoms with Gasteiger partial charge in [0.05, 0.1) is 5.75 Å². The Bertz CT molecular complexity index is 891. The van der Waals surface area contributed by atoms with Gasteiger partial charge in [0.2, 0.25) is 11.8 Å². The van der Waals surface area contributed by atoms with Gasteiger partial charge in [-0.15, -0.1) is 11.8 Å². The SMILES string of the molecule is CN(C)c1ccc(N2C(=O)CS[C@@H]2c2cccc(NC(=O)C3CCCC3)c2)cc1. The third kappa shape index (κ3) is 4.27. The summed E-state index contributed by atoms with van der Waals surface area (Å²) in [5.74, 6) is 0.815. The van der Waals surface area contributed by atoms with Crippen molar-refractivity contribution in [2.75, 3.05) is 35.0 Å². The van der Waals surface area contributed by atoms with Gasteiger partial charge in [0.1, 0.15) is 5.37 Å². The lowest BCUT2D eigenvalue weighted by atomic mass is 10.1. The van der Waals surface area contributed by atoms with Crippen molar-refractivity contribution in [3.63, 3.8) is 0 Å². The molecule has 1 aliphatic heterocycles. The van der Waals surface area contributed by atoms with Crippen LogP contribution in [-0.4, -0.2) is 31.7 Å². The summed E-state index contributed by atoms with van der Waals surface area (Å²) in [6, 6.07) is 16.0. The number of benzene rings is 2. The molecule has 2 aliphatic rings. The lowest BCUT2D eigenvalue weighted by Crippen LogP contribution is -2.28. The van der Waals surface area contributed by atoms with Gasteiger partial charge in [-0.1, -0.05) is 25.0 Å². The Morgan fingerprint density at radius 2 is 1.83 bits per heavy atom. The smallest absolute Gasteiger partial charge is 0.238 e. The topological polar surface area (TPSA) is 52.6 Å². The lowest BCUT2D eigenvalue weighted by Gasteiger charge is -2.25. The maximum absolute atomic E-state index is 12.6. The van der Waals surface area contributed by atoms with Gasteiger partial charge in [-0.25, -0.2) is 0 Å². The third-order valence-electron chi connectivity index (χ3n) is 5.68. The fourth-order valence-corrected chi connectivity index (χ4v) is 5.23. The summed E-state index contributed by atoms with van der Waals surface area (Å²) in [4.78, 5) is 29.0. The average molecular weight is 410 g/mol. The molecular weight excluding hydrogens is 382 g/mol. The molecule has 4 rings (SSSR count). The second kappa shape index (κ2) is 8.49. The number of nitrogens with zero attached hydrogens (tertiary/aromatic N) is 2. The summed E-state index contributed by atoms with van der Waals surface area (Å²) in [5.41, 5.74) is 3.83. The number of hydrogen-bond acceptors (Lipinski definition) is 4. The van der Waals surface area contributed by atoms with Crippen LogP contribution in [0.3, 0.4) is 0 Å². The van der Waals surface area contributed by atoms with Gasteiger partial charge < -0.3 is 10.2 Å². The Morgan fingerprint density at radius 3 is 2.52 bits per heavy atom. The second-order valence-corrected chi connectivity index (χ2v) is 9.00. The van der Waals surface area contributed by atoms with Crippen LogP contribution < -0.4 is 15.1 Å². The second-order valence-electron chi connectivity index (χ2n) is 7.93. The van der Waals surface area contributed by atoms with Crippen molar-refractivity contribution in [1.82, 2.24) is 0 Å². The Labute approximate surface area is 176 Å². The fraction of sp³-hybridized carbons (Fsp3) is 0.391. The van der Waals surface area contributed by atoms with Crippen LogP contribution in [0.4, 0.5) is 17.1 Å². The highest BCUT2D eigenvalue weighted by molar-refractivity contribution is 8.00. The van der Waals surface area contributed by atoms with Crippen molar-refractivity contribution in [3.8, 4) is 0 Å². The van der Waals surface area contributed by atoms with Crippen LogP contribution >= 0.6 is 11.8 Å². The Balaban J connectivity index is 1.54. The maximum Gasteiger partial charge on any atom is 0.238 e. The predicted molar refractivity (Wildman–Crippen MR) is 120 cm³/mol. The van der Waals surface area contributed by atoms with E-state index in [9.17, 15) is 9.59 Å². The van der Waals surface area contributed by atoms with Crippen molar-refractivity contribution >= 4 is 40.6 Å². The molecule has 2 fully saturated rings. The van der Waals surface area contributed by atoms with Gasteiger partial charge >= 0.3 is 0 Å². The van der Waals surface area contributed by atoms with Gasteiger partial charge in [0, 0.05) is 37.1 Å². The van der Waals surface area contributed by atoms with E-state index >= 15 is 0 Å². The highest BCUT2D eigenvalue weighted by Crippen LogP contribution is 2.42. The van der Waals surface area contributed by atoms with Crippen LogP contribution in [0.1, 0.15) is 36.6 Å². The largest absolute Gasteiger partial charge is 0.378 e. The van der Waals surface area contributed by atoms with Crippen LogP contribution in [0.15, 0.2) is 48.5 Å². The van der Waals surface area contributed by atoms with E-state index < -0.39 is 0 Å². The van der Waals surface area contributed by atoms with E-state index in [1.807, 2.05) is 72.4 Å². The average Bonchev–Trinajstić information content (AvgIpc) is 3.38. The molecule has 0 unspecified atom stereocenters. The van der Waals surface area contributed by atoms with Crippen molar-refractivity contribution in [2.24, 2.45) is 5.92 Å². The number of thioether (sulfide) groups is 1. The van der Waals surface area contributed by atoms with Gasteiger partial charge in [-0.3, -0.25) is 14.5 Å². The standard InChI is InChI=1S/C23H27N3O2S/c1-25(2)19-10-12-20(13-11-19)26-21(27)15-29-23(26)17-8-5-9-18(14-17)24-22(28)16-6-3-4-7-16/h5,8-14,16,23H,3-4,6-7,15H2,1-2H3,(H,24,28)/t23-/m1/s1. The van der Waals surface area contributed by atoms with Crippen molar-refractivity contribution < 1.29 is 9.59 Å². The summed E-state index contributed by atoms with van der Waals surface area (Å²) in [6.45, 7) is 0. The van der Waals surface area contributed by atoms with Crippen LogP contribution in [0.25, 0.3) is 0 Å². The van der Waals surface area contributed by atoms with Crippen molar-refractivity contribution in [1.29, 1.82) is 0 Å². The molecule has 1 saturated carbocycles. The molecule has 2 amide bonds. The molecule has 2 aromatic carbocycles. The summed E-state index contributed by atoms with van der Waals surface area (Å²) < 4.78 is 0. The summed E-state index contributed by atoms with van der Waals surface area (Å²) in [6.07, 6.45) is 4.24. The number of rotatable bonds is 5. The van der Waals surface area contributed by atoms with Gasteiger partial charge in [0.25, 0.3) is 0 Å². The lowest BCUT2D eigenvalue weighted by molar-refractivity contribution is -0.119. The Morgan fingerprint density at radius 1 is 1.10 bits per heavy atom. The fourth-order valence-electron chi connectivity index (χ4n) is 4.06. The number of anilines is 3. The number of carbonyl (C=O) groups is 2. The molecule has 1 atom stereocenters. The van der Waals surface area contributed by atoms with Gasteiger partial charge in [-0.05, 0) is 54.8 Å². The molecule has 152 valence electrons. The van der Waals surface area contributed by atoms with Crippen LogP contribution in [0.2, 0.25) is 0 Å². The summed E-state index contributed by atoms with van der Waals surface area (Å²) in [7, 11) is 4.00. The Kier molecular flexibility index (Phi) is 5.81. The van der Waals surface area contributed by atoms with E-state index in [4.69, 9.17) is 0 Å². The molecule has 1 N–H and O–H groups in total. The first-order chi connectivity index (χ1) is 14.0. The molecule has 0 aromatic heterocycles. The highest BCUT2D eigenvalue weighted by atomic mass is 32.2. The number of amides is 2. The minimum atomic E-state index is -0.0870. The van der Waals surface area contributed by atoms with Crippen LogP contribution in [0.5, 0.6) is 0 Å². The van der Waals surface area contributed by atoms with E-state index in [2.05, 4.69) is 5.32 Å². The van der Waals surface area contributed by atoms with Crippen LogP contribution in [-0.2, 0) is 9.59 Å². The molecule has 1 aliphatic carbocycles. The minimum Gasteiger partial charge on any atom is -0.378 e. The zero-order valence-electron chi connectivity index (χ0n) is 16.9. The number of nitrogens with one attached hydrogen (secondary N) is 1. The molecule has 5 nitrogen and oxygen atoms in total.